The number of nitro benzene ring substituents is 1. The molecule has 5 heteroatoms. The van der Waals surface area contributed by atoms with E-state index in [-0.39, 0.29) is 11.1 Å². The topological polar surface area (TPSA) is 55.2 Å². The molecule has 0 saturated carbocycles. The van der Waals surface area contributed by atoms with Gasteiger partial charge in [-0.1, -0.05) is 27.7 Å². The lowest BCUT2D eigenvalue weighted by molar-refractivity contribution is -0.385. The predicted octanol–water partition coefficient (Wildman–Crippen LogP) is 3.83. The van der Waals surface area contributed by atoms with Gasteiger partial charge >= 0.3 is 0 Å². The first-order chi connectivity index (χ1) is 8.21. The molecule has 0 saturated heterocycles. The molecule has 0 aromatic heterocycles. The number of hydrogen-bond donors (Lipinski definition) is 1. The minimum Gasteiger partial charge on any atom is -0.382 e. The van der Waals surface area contributed by atoms with Crippen LogP contribution in [0, 0.1) is 27.3 Å². The molecular formula is C13H19FN2O2. The highest BCUT2D eigenvalue weighted by Crippen LogP contribution is 2.26. The van der Waals surface area contributed by atoms with Gasteiger partial charge in [-0.3, -0.25) is 10.1 Å². The van der Waals surface area contributed by atoms with E-state index in [9.17, 15) is 14.5 Å². The molecule has 1 rings (SSSR count). The standard InChI is InChI=1S/C13H19FN2O2/c1-9(13(2,3)4)8-15-12-6-5-10(16(17)18)7-11(12)14/h5-7,9,15H,8H2,1-4H3. The van der Waals surface area contributed by atoms with Crippen LogP contribution in [0.3, 0.4) is 0 Å². The maximum atomic E-state index is 13.6. The average Bonchev–Trinajstić information content (AvgIpc) is 2.25. The third kappa shape index (κ3) is 3.68. The lowest BCUT2D eigenvalue weighted by atomic mass is 9.82. The summed E-state index contributed by atoms with van der Waals surface area (Å²) in [6, 6.07) is 3.64. The lowest BCUT2D eigenvalue weighted by Gasteiger charge is -2.27. The Morgan fingerprint density at radius 2 is 2.06 bits per heavy atom. The van der Waals surface area contributed by atoms with Crippen molar-refractivity contribution in [3.63, 3.8) is 0 Å². The van der Waals surface area contributed by atoms with Crippen molar-refractivity contribution in [3.8, 4) is 0 Å². The molecule has 1 N–H and O–H groups in total. The van der Waals surface area contributed by atoms with Gasteiger partial charge in [0.15, 0.2) is 5.82 Å². The van der Waals surface area contributed by atoms with E-state index in [0.717, 1.165) is 6.07 Å². The molecule has 1 aromatic carbocycles. The third-order valence-electron chi connectivity index (χ3n) is 3.24. The second-order valence-corrected chi connectivity index (χ2v) is 5.57. The monoisotopic (exact) mass is 254 g/mol. The molecule has 0 spiro atoms. The van der Waals surface area contributed by atoms with Crippen LogP contribution in [0.4, 0.5) is 15.8 Å². The van der Waals surface area contributed by atoms with Gasteiger partial charge < -0.3 is 5.32 Å². The molecule has 0 amide bonds. The summed E-state index contributed by atoms with van der Waals surface area (Å²) in [5.41, 5.74) is 0.197. The lowest BCUT2D eigenvalue weighted by Crippen LogP contribution is -2.25. The molecule has 0 aliphatic rings. The van der Waals surface area contributed by atoms with Crippen LogP contribution in [0.1, 0.15) is 27.7 Å². The van der Waals surface area contributed by atoms with Crippen molar-refractivity contribution < 1.29 is 9.31 Å². The fourth-order valence-electron chi connectivity index (χ4n) is 1.33. The minimum atomic E-state index is -0.607. The van der Waals surface area contributed by atoms with Crippen LogP contribution in [0.5, 0.6) is 0 Å². The molecule has 0 radical (unpaired) electrons. The maximum absolute atomic E-state index is 13.6. The van der Waals surface area contributed by atoms with E-state index in [0.29, 0.717) is 18.2 Å². The number of non-ortho nitro benzene ring substituents is 1. The molecule has 0 fully saturated rings. The van der Waals surface area contributed by atoms with E-state index in [1.54, 1.807) is 0 Å². The number of anilines is 1. The van der Waals surface area contributed by atoms with E-state index < -0.39 is 10.7 Å². The van der Waals surface area contributed by atoms with E-state index in [2.05, 4.69) is 33.0 Å². The zero-order chi connectivity index (χ0) is 13.9. The van der Waals surface area contributed by atoms with Crippen molar-refractivity contribution in [2.45, 2.75) is 27.7 Å². The van der Waals surface area contributed by atoms with Gasteiger partial charge in [-0.05, 0) is 17.4 Å². The van der Waals surface area contributed by atoms with Crippen LogP contribution in [0.25, 0.3) is 0 Å². The highest BCUT2D eigenvalue weighted by Gasteiger charge is 2.20. The Bertz CT molecular complexity index is 441. The van der Waals surface area contributed by atoms with Crippen molar-refractivity contribution >= 4 is 11.4 Å². The summed E-state index contributed by atoms with van der Waals surface area (Å²) in [6.07, 6.45) is 0. The second-order valence-electron chi connectivity index (χ2n) is 5.57. The van der Waals surface area contributed by atoms with Crippen molar-refractivity contribution in [3.05, 3.63) is 34.1 Å². The Morgan fingerprint density at radius 1 is 1.44 bits per heavy atom. The Hall–Kier alpha value is -1.65. The normalized spacial score (nSPS) is 13.2. The van der Waals surface area contributed by atoms with E-state index in [4.69, 9.17) is 0 Å². The summed E-state index contributed by atoms with van der Waals surface area (Å²) in [7, 11) is 0. The third-order valence-corrected chi connectivity index (χ3v) is 3.24. The summed E-state index contributed by atoms with van der Waals surface area (Å²) in [6.45, 7) is 9.05. The van der Waals surface area contributed by atoms with Gasteiger partial charge in [-0.2, -0.15) is 0 Å². The van der Waals surface area contributed by atoms with Gasteiger partial charge in [0.1, 0.15) is 0 Å². The molecular weight excluding hydrogens is 235 g/mol. The molecule has 18 heavy (non-hydrogen) atoms. The molecule has 100 valence electrons. The molecule has 4 nitrogen and oxygen atoms in total. The number of rotatable bonds is 4. The van der Waals surface area contributed by atoms with Crippen LogP contribution in [-0.2, 0) is 0 Å². The molecule has 0 bridgehead atoms. The number of nitrogens with zero attached hydrogens (tertiary/aromatic N) is 1. The Labute approximate surface area is 106 Å². The highest BCUT2D eigenvalue weighted by molar-refractivity contribution is 5.50. The summed E-state index contributed by atoms with van der Waals surface area (Å²) >= 11 is 0. The summed E-state index contributed by atoms with van der Waals surface area (Å²) in [5.74, 6) is -0.239. The smallest absolute Gasteiger partial charge is 0.272 e. The largest absolute Gasteiger partial charge is 0.382 e. The number of halogens is 1. The van der Waals surface area contributed by atoms with E-state index in [1.807, 2.05) is 0 Å². The van der Waals surface area contributed by atoms with Gasteiger partial charge in [0.25, 0.3) is 5.69 Å². The SMILES string of the molecule is CC(CNc1ccc([N+](=O)[O-])cc1F)C(C)(C)C. The van der Waals surface area contributed by atoms with Crippen LogP contribution in [0.2, 0.25) is 0 Å². The first kappa shape index (κ1) is 14.4. The average molecular weight is 254 g/mol. The minimum absolute atomic E-state index is 0.129. The summed E-state index contributed by atoms with van der Waals surface area (Å²) < 4.78 is 13.6. The van der Waals surface area contributed by atoms with Crippen molar-refractivity contribution in [1.29, 1.82) is 0 Å². The molecule has 1 aromatic rings. The van der Waals surface area contributed by atoms with Gasteiger partial charge in [0.05, 0.1) is 16.7 Å². The fourth-order valence-corrected chi connectivity index (χ4v) is 1.33. The van der Waals surface area contributed by atoms with Crippen molar-refractivity contribution in [2.24, 2.45) is 11.3 Å². The molecule has 1 unspecified atom stereocenters. The van der Waals surface area contributed by atoms with E-state index >= 15 is 0 Å². The van der Waals surface area contributed by atoms with Crippen LogP contribution >= 0.6 is 0 Å². The molecule has 0 aliphatic heterocycles. The van der Waals surface area contributed by atoms with Gasteiger partial charge in [0, 0.05) is 12.6 Å². The zero-order valence-corrected chi connectivity index (χ0v) is 11.2. The maximum Gasteiger partial charge on any atom is 0.272 e. The van der Waals surface area contributed by atoms with Crippen molar-refractivity contribution in [2.75, 3.05) is 11.9 Å². The predicted molar refractivity (Wildman–Crippen MR) is 70.2 cm³/mol. The Morgan fingerprint density at radius 3 is 2.50 bits per heavy atom. The van der Waals surface area contributed by atoms with Crippen molar-refractivity contribution in [1.82, 2.24) is 0 Å². The van der Waals surface area contributed by atoms with Gasteiger partial charge in [0.2, 0.25) is 0 Å². The zero-order valence-electron chi connectivity index (χ0n) is 11.2. The van der Waals surface area contributed by atoms with Gasteiger partial charge in [-0.25, -0.2) is 4.39 Å². The first-order valence-corrected chi connectivity index (χ1v) is 5.89. The molecule has 0 heterocycles. The fraction of sp³-hybridized carbons (Fsp3) is 0.538. The summed E-state index contributed by atoms with van der Waals surface area (Å²) in [5, 5.41) is 13.5. The van der Waals surface area contributed by atoms with E-state index in [1.165, 1.54) is 12.1 Å². The van der Waals surface area contributed by atoms with Crippen LogP contribution in [-0.4, -0.2) is 11.5 Å². The number of nitrogens with one attached hydrogen (secondary N) is 1. The molecule has 0 aliphatic carbocycles. The van der Waals surface area contributed by atoms with Crippen LogP contribution in [0.15, 0.2) is 18.2 Å². The quantitative estimate of drug-likeness (QED) is 0.656. The number of nitro groups is 1. The Kier molecular flexibility index (Phi) is 4.27. The number of benzene rings is 1. The Balaban J connectivity index is 2.72. The van der Waals surface area contributed by atoms with Gasteiger partial charge in [-0.15, -0.1) is 0 Å². The first-order valence-electron chi connectivity index (χ1n) is 5.89. The highest BCUT2D eigenvalue weighted by atomic mass is 19.1. The van der Waals surface area contributed by atoms with Crippen LogP contribution < -0.4 is 5.32 Å². The number of hydrogen-bond acceptors (Lipinski definition) is 3. The summed E-state index contributed by atoms with van der Waals surface area (Å²) in [4.78, 5) is 9.87. The molecule has 1 atom stereocenters. The second kappa shape index (κ2) is 5.33.